The molecule has 0 amide bonds. The first-order chi connectivity index (χ1) is 12.4. The first-order valence-electron chi connectivity index (χ1n) is 8.51. The zero-order chi connectivity index (χ0) is 18.6. The van der Waals surface area contributed by atoms with Crippen LogP contribution in [0.25, 0.3) is 11.0 Å². The van der Waals surface area contributed by atoms with Gasteiger partial charge in [0.15, 0.2) is 5.75 Å². The quantitative estimate of drug-likeness (QED) is 0.715. The zero-order valence-electron chi connectivity index (χ0n) is 14.8. The van der Waals surface area contributed by atoms with Crippen LogP contribution in [0.3, 0.4) is 0 Å². The lowest BCUT2D eigenvalue weighted by Gasteiger charge is -2.28. The average Bonchev–Trinajstić information content (AvgIpc) is 2.88. The summed E-state index contributed by atoms with van der Waals surface area (Å²) in [7, 11) is 1.88. The minimum Gasteiger partial charge on any atom is -0.483 e. The fourth-order valence-electron chi connectivity index (χ4n) is 3.71. The number of ether oxygens (including phenoxy) is 1. The number of carboxylic acids is 1. The molecule has 5 nitrogen and oxygen atoms in total. The Labute approximate surface area is 156 Å². The second kappa shape index (κ2) is 6.02. The number of nitrogens with zero attached hydrogens (tertiary/aromatic N) is 2. The molecular weight excluding hydrogens is 352 g/mol. The van der Waals surface area contributed by atoms with Crippen molar-refractivity contribution >= 4 is 28.6 Å². The Kier molecular flexibility index (Phi) is 3.92. The van der Waals surface area contributed by atoms with E-state index in [9.17, 15) is 9.90 Å². The molecule has 134 valence electrons. The molecule has 2 heterocycles. The molecule has 0 fully saturated rings. The molecule has 1 aromatic heterocycles. The number of aryl methyl sites for hydroxylation is 3. The van der Waals surface area contributed by atoms with Crippen molar-refractivity contribution in [3.8, 4) is 5.75 Å². The van der Waals surface area contributed by atoms with Gasteiger partial charge in [0.25, 0.3) is 0 Å². The fourth-order valence-corrected chi connectivity index (χ4v) is 3.94. The molecule has 0 saturated carbocycles. The standard InChI is InChI=1S/C20H19ClN2O3/c1-10-8-12(21)4-5-13(10)17-7-6-14-15(20(24)25)9-16-18(19(14)26-17)22-11(2)23(16)3/h4-5,8-9,17H,6-7H2,1-3H3,(H,24,25)/t17-/m0/s1. The number of hydrogen-bond acceptors (Lipinski definition) is 3. The largest absolute Gasteiger partial charge is 0.483 e. The normalized spacial score (nSPS) is 16.4. The molecule has 1 atom stereocenters. The molecule has 0 radical (unpaired) electrons. The van der Waals surface area contributed by atoms with Crippen molar-refractivity contribution in [1.29, 1.82) is 0 Å². The number of rotatable bonds is 2. The Balaban J connectivity index is 1.89. The number of imidazole rings is 1. The van der Waals surface area contributed by atoms with Crippen LogP contribution in [0.2, 0.25) is 5.02 Å². The summed E-state index contributed by atoms with van der Waals surface area (Å²) in [5.41, 5.74) is 4.65. The van der Waals surface area contributed by atoms with E-state index in [1.54, 1.807) is 6.07 Å². The van der Waals surface area contributed by atoms with Crippen LogP contribution in [0.15, 0.2) is 24.3 Å². The first-order valence-corrected chi connectivity index (χ1v) is 8.89. The van der Waals surface area contributed by atoms with Crippen LogP contribution in [0.4, 0.5) is 0 Å². The smallest absolute Gasteiger partial charge is 0.336 e. The lowest BCUT2D eigenvalue weighted by molar-refractivity contribution is 0.0693. The predicted molar refractivity (Wildman–Crippen MR) is 100 cm³/mol. The van der Waals surface area contributed by atoms with Crippen LogP contribution in [0.5, 0.6) is 5.75 Å². The highest BCUT2D eigenvalue weighted by Crippen LogP contribution is 2.42. The van der Waals surface area contributed by atoms with Gasteiger partial charge in [-0.05, 0) is 56.0 Å². The average molecular weight is 371 g/mol. The number of benzene rings is 2. The Morgan fingerprint density at radius 3 is 2.81 bits per heavy atom. The van der Waals surface area contributed by atoms with Gasteiger partial charge in [-0.15, -0.1) is 0 Å². The van der Waals surface area contributed by atoms with Crippen LogP contribution < -0.4 is 4.74 Å². The molecule has 26 heavy (non-hydrogen) atoms. The Hall–Kier alpha value is -2.53. The summed E-state index contributed by atoms with van der Waals surface area (Å²) < 4.78 is 8.22. The van der Waals surface area contributed by atoms with E-state index in [0.29, 0.717) is 29.2 Å². The van der Waals surface area contributed by atoms with Gasteiger partial charge in [-0.1, -0.05) is 17.7 Å². The summed E-state index contributed by atoms with van der Waals surface area (Å²) in [6.45, 7) is 3.91. The molecule has 0 unspecified atom stereocenters. The number of aromatic nitrogens is 2. The van der Waals surface area contributed by atoms with E-state index >= 15 is 0 Å². The number of halogens is 1. The second-order valence-corrected chi connectivity index (χ2v) is 7.21. The maximum atomic E-state index is 11.8. The monoisotopic (exact) mass is 370 g/mol. The highest BCUT2D eigenvalue weighted by molar-refractivity contribution is 6.30. The maximum Gasteiger partial charge on any atom is 0.336 e. The third-order valence-corrected chi connectivity index (χ3v) is 5.42. The van der Waals surface area contributed by atoms with E-state index < -0.39 is 5.97 Å². The molecular formula is C20H19ClN2O3. The van der Waals surface area contributed by atoms with Crippen LogP contribution in [0.1, 0.15) is 45.4 Å². The number of fused-ring (bicyclic) bond motifs is 3. The molecule has 3 aromatic rings. The zero-order valence-corrected chi connectivity index (χ0v) is 15.6. The summed E-state index contributed by atoms with van der Waals surface area (Å²) in [6, 6.07) is 7.46. The SMILES string of the molecule is Cc1cc(Cl)ccc1[C@@H]1CCc2c(C(=O)O)cc3c(nc(C)n3C)c2O1. The Bertz CT molecular complexity index is 1060. The highest BCUT2D eigenvalue weighted by atomic mass is 35.5. The Morgan fingerprint density at radius 1 is 1.35 bits per heavy atom. The maximum absolute atomic E-state index is 11.8. The van der Waals surface area contributed by atoms with Crippen LogP contribution in [-0.4, -0.2) is 20.6 Å². The van der Waals surface area contributed by atoms with E-state index in [1.807, 2.05) is 43.7 Å². The van der Waals surface area contributed by atoms with Gasteiger partial charge in [-0.3, -0.25) is 0 Å². The van der Waals surface area contributed by atoms with Gasteiger partial charge in [0, 0.05) is 17.6 Å². The number of carbonyl (C=O) groups is 1. The molecule has 1 aliphatic heterocycles. The van der Waals surface area contributed by atoms with Gasteiger partial charge >= 0.3 is 5.97 Å². The van der Waals surface area contributed by atoms with Crippen LogP contribution in [-0.2, 0) is 13.5 Å². The van der Waals surface area contributed by atoms with E-state index in [1.165, 1.54) is 0 Å². The van der Waals surface area contributed by atoms with Gasteiger partial charge in [0.2, 0.25) is 0 Å². The van der Waals surface area contributed by atoms with Crippen molar-refractivity contribution in [2.75, 3.05) is 0 Å². The van der Waals surface area contributed by atoms with Gasteiger partial charge in [-0.2, -0.15) is 0 Å². The van der Waals surface area contributed by atoms with Crippen molar-refractivity contribution in [2.24, 2.45) is 7.05 Å². The topological polar surface area (TPSA) is 64.3 Å². The van der Waals surface area contributed by atoms with E-state index in [4.69, 9.17) is 16.3 Å². The summed E-state index contributed by atoms with van der Waals surface area (Å²) in [5.74, 6) is 0.471. The van der Waals surface area contributed by atoms with Crippen molar-refractivity contribution in [1.82, 2.24) is 9.55 Å². The molecule has 1 N–H and O–H groups in total. The van der Waals surface area contributed by atoms with Gasteiger partial charge in [0.1, 0.15) is 17.4 Å². The summed E-state index contributed by atoms with van der Waals surface area (Å²) in [5, 5.41) is 10.3. The summed E-state index contributed by atoms with van der Waals surface area (Å²) >= 11 is 6.07. The van der Waals surface area contributed by atoms with Crippen molar-refractivity contribution in [2.45, 2.75) is 32.8 Å². The van der Waals surface area contributed by atoms with Crippen LogP contribution >= 0.6 is 11.6 Å². The first kappa shape index (κ1) is 16.9. The molecule has 0 saturated heterocycles. The lowest BCUT2D eigenvalue weighted by atomic mass is 9.92. The van der Waals surface area contributed by atoms with Gasteiger partial charge in [0.05, 0.1) is 11.1 Å². The number of carboxylic acid groups (broad SMARTS) is 1. The summed E-state index contributed by atoms with van der Waals surface area (Å²) in [4.78, 5) is 16.4. The van der Waals surface area contributed by atoms with E-state index in [0.717, 1.165) is 33.5 Å². The molecule has 0 spiro atoms. The van der Waals surface area contributed by atoms with E-state index in [2.05, 4.69) is 4.98 Å². The van der Waals surface area contributed by atoms with Crippen LogP contribution in [0, 0.1) is 13.8 Å². The molecule has 1 aliphatic rings. The van der Waals surface area contributed by atoms with Crippen molar-refractivity contribution in [3.63, 3.8) is 0 Å². The molecule has 4 rings (SSSR count). The summed E-state index contributed by atoms with van der Waals surface area (Å²) in [6.07, 6.45) is 1.21. The van der Waals surface area contributed by atoms with Gasteiger partial charge < -0.3 is 14.4 Å². The third-order valence-electron chi connectivity index (χ3n) is 5.18. The molecule has 6 heteroatoms. The minimum absolute atomic E-state index is 0.144. The predicted octanol–water partition coefficient (Wildman–Crippen LogP) is 4.61. The lowest BCUT2D eigenvalue weighted by Crippen LogP contribution is -2.19. The van der Waals surface area contributed by atoms with E-state index in [-0.39, 0.29) is 6.10 Å². The van der Waals surface area contributed by atoms with Crippen molar-refractivity contribution < 1.29 is 14.6 Å². The number of aromatic carboxylic acids is 1. The minimum atomic E-state index is -0.938. The second-order valence-electron chi connectivity index (χ2n) is 6.77. The number of hydrogen-bond donors (Lipinski definition) is 1. The molecule has 0 aliphatic carbocycles. The Morgan fingerprint density at radius 2 is 2.12 bits per heavy atom. The third kappa shape index (κ3) is 2.54. The van der Waals surface area contributed by atoms with Gasteiger partial charge in [-0.25, -0.2) is 9.78 Å². The molecule has 0 bridgehead atoms. The molecule has 2 aromatic carbocycles. The highest BCUT2D eigenvalue weighted by Gasteiger charge is 2.30. The fraction of sp³-hybridized carbons (Fsp3) is 0.300. The van der Waals surface area contributed by atoms with Crippen molar-refractivity contribution in [3.05, 3.63) is 57.4 Å².